The molecular weight excluding hydrogens is 196 g/mol. The Morgan fingerprint density at radius 1 is 1.00 bits per heavy atom. The van der Waals surface area contributed by atoms with Crippen molar-refractivity contribution in [3.8, 4) is 0 Å². The van der Waals surface area contributed by atoms with Gasteiger partial charge in [-0.25, -0.2) is 0 Å². The molecule has 2 aliphatic carbocycles. The van der Waals surface area contributed by atoms with E-state index in [1.54, 1.807) is 0 Å². The number of hydrogen-bond acceptors (Lipinski definition) is 4. The van der Waals surface area contributed by atoms with Gasteiger partial charge in [0.25, 0.3) is 0 Å². The predicted octanol–water partition coefficient (Wildman–Crippen LogP) is 1.06. The molecule has 0 aromatic carbocycles. The summed E-state index contributed by atoms with van der Waals surface area (Å²) in [6, 6.07) is 0. The van der Waals surface area contributed by atoms with E-state index in [0.29, 0.717) is 0 Å². The van der Waals surface area contributed by atoms with Crippen LogP contribution in [0, 0.1) is 11.8 Å². The van der Waals surface area contributed by atoms with Crippen molar-refractivity contribution in [1.82, 2.24) is 0 Å². The summed E-state index contributed by atoms with van der Waals surface area (Å²) in [4.78, 5) is 21.8. The minimum absolute atomic E-state index is 0.211. The van der Waals surface area contributed by atoms with Crippen LogP contribution < -0.4 is 0 Å². The highest BCUT2D eigenvalue weighted by Gasteiger charge is 2.48. The Morgan fingerprint density at radius 3 is 1.73 bits per heavy atom. The molecule has 1 fully saturated rings. The lowest BCUT2D eigenvalue weighted by Crippen LogP contribution is -2.37. The van der Waals surface area contributed by atoms with Gasteiger partial charge in [0.2, 0.25) is 0 Å². The zero-order valence-corrected chi connectivity index (χ0v) is 8.80. The maximum absolute atomic E-state index is 10.9. The van der Waals surface area contributed by atoms with Gasteiger partial charge in [-0.3, -0.25) is 9.59 Å². The topological polar surface area (TPSA) is 52.6 Å². The maximum atomic E-state index is 10.9. The molecule has 0 aliphatic heterocycles. The van der Waals surface area contributed by atoms with E-state index in [2.05, 4.69) is 0 Å². The van der Waals surface area contributed by atoms with Gasteiger partial charge in [-0.15, -0.1) is 0 Å². The summed E-state index contributed by atoms with van der Waals surface area (Å²) in [6.45, 7) is 2.75. The van der Waals surface area contributed by atoms with Crippen LogP contribution in [0.15, 0.2) is 12.2 Å². The molecule has 2 rings (SSSR count). The summed E-state index contributed by atoms with van der Waals surface area (Å²) in [6.07, 6.45) is 4.41. The summed E-state index contributed by atoms with van der Waals surface area (Å²) >= 11 is 0. The Hall–Kier alpha value is -1.32. The Bertz CT molecular complexity index is 291. The van der Waals surface area contributed by atoms with Crippen LogP contribution in [0.5, 0.6) is 0 Å². The SMILES string of the molecule is CC(=O)OC1C2C=CC(C2)C1OC(C)=O. The van der Waals surface area contributed by atoms with Crippen LogP contribution in [0.1, 0.15) is 20.3 Å². The molecular formula is C11H14O4. The Labute approximate surface area is 88.2 Å². The zero-order chi connectivity index (χ0) is 11.0. The molecule has 2 aliphatic rings. The Kier molecular flexibility index (Phi) is 2.50. The number of carbonyl (C=O) groups excluding carboxylic acids is 2. The minimum atomic E-state index is -0.321. The van der Waals surface area contributed by atoms with Gasteiger partial charge in [0.05, 0.1) is 0 Å². The zero-order valence-electron chi connectivity index (χ0n) is 8.80. The average molecular weight is 210 g/mol. The standard InChI is InChI=1S/C11H14O4/c1-6(12)14-10-8-3-4-9(5-8)11(10)15-7(2)13/h3-4,8-11H,5H2,1-2H3. The number of fused-ring (bicyclic) bond motifs is 2. The van der Waals surface area contributed by atoms with Crippen molar-refractivity contribution in [2.24, 2.45) is 11.8 Å². The van der Waals surface area contributed by atoms with Crippen LogP contribution in [-0.2, 0) is 19.1 Å². The van der Waals surface area contributed by atoms with Crippen molar-refractivity contribution in [3.05, 3.63) is 12.2 Å². The van der Waals surface area contributed by atoms with Gasteiger partial charge >= 0.3 is 11.9 Å². The Morgan fingerprint density at radius 2 is 1.40 bits per heavy atom. The van der Waals surface area contributed by atoms with Gasteiger partial charge < -0.3 is 9.47 Å². The monoisotopic (exact) mass is 210 g/mol. The van der Waals surface area contributed by atoms with E-state index < -0.39 is 0 Å². The maximum Gasteiger partial charge on any atom is 0.303 e. The van der Waals surface area contributed by atoms with E-state index >= 15 is 0 Å². The van der Waals surface area contributed by atoms with Crippen LogP contribution in [0.2, 0.25) is 0 Å². The molecule has 0 heterocycles. The molecule has 0 spiro atoms. The van der Waals surface area contributed by atoms with E-state index in [1.807, 2.05) is 12.2 Å². The summed E-state index contributed by atoms with van der Waals surface area (Å²) in [7, 11) is 0. The van der Waals surface area contributed by atoms with Crippen LogP contribution in [0.3, 0.4) is 0 Å². The Balaban J connectivity index is 2.09. The first-order chi connectivity index (χ1) is 7.08. The highest BCUT2D eigenvalue weighted by Crippen LogP contribution is 2.42. The first kappa shape index (κ1) is 10.2. The van der Waals surface area contributed by atoms with Crippen LogP contribution in [0.4, 0.5) is 0 Å². The van der Waals surface area contributed by atoms with Gasteiger partial charge in [0.1, 0.15) is 12.2 Å². The molecule has 0 aromatic heterocycles. The molecule has 82 valence electrons. The lowest BCUT2D eigenvalue weighted by molar-refractivity contribution is -0.166. The molecule has 0 radical (unpaired) electrons. The van der Waals surface area contributed by atoms with Crippen molar-refractivity contribution >= 4 is 11.9 Å². The highest BCUT2D eigenvalue weighted by molar-refractivity contribution is 5.67. The molecule has 2 bridgehead atoms. The second-order valence-electron chi connectivity index (χ2n) is 4.10. The normalized spacial score (nSPS) is 36.7. The first-order valence-electron chi connectivity index (χ1n) is 5.10. The molecule has 15 heavy (non-hydrogen) atoms. The molecule has 4 atom stereocenters. The van der Waals surface area contributed by atoms with E-state index in [-0.39, 0.29) is 36.0 Å². The molecule has 1 saturated carbocycles. The fourth-order valence-corrected chi connectivity index (χ4v) is 2.42. The third kappa shape index (κ3) is 1.89. The summed E-state index contributed by atoms with van der Waals surface area (Å²) < 4.78 is 10.4. The number of rotatable bonds is 2. The van der Waals surface area contributed by atoms with Gasteiger partial charge in [-0.2, -0.15) is 0 Å². The van der Waals surface area contributed by atoms with Crippen molar-refractivity contribution in [3.63, 3.8) is 0 Å². The summed E-state index contributed by atoms with van der Waals surface area (Å²) in [5.41, 5.74) is 0. The van der Waals surface area contributed by atoms with E-state index in [9.17, 15) is 9.59 Å². The molecule has 4 unspecified atom stereocenters. The van der Waals surface area contributed by atoms with Crippen LogP contribution in [0.25, 0.3) is 0 Å². The van der Waals surface area contributed by atoms with E-state index in [0.717, 1.165) is 6.42 Å². The quantitative estimate of drug-likeness (QED) is 0.505. The largest absolute Gasteiger partial charge is 0.458 e. The van der Waals surface area contributed by atoms with Crippen molar-refractivity contribution in [2.45, 2.75) is 32.5 Å². The number of carbonyl (C=O) groups is 2. The average Bonchev–Trinajstić information content (AvgIpc) is 2.67. The smallest absolute Gasteiger partial charge is 0.303 e. The highest BCUT2D eigenvalue weighted by atomic mass is 16.6. The number of esters is 2. The first-order valence-corrected chi connectivity index (χ1v) is 5.10. The number of hydrogen-bond donors (Lipinski definition) is 0. The second kappa shape index (κ2) is 3.68. The molecule has 0 aromatic rings. The molecule has 0 N–H and O–H groups in total. The fourth-order valence-electron chi connectivity index (χ4n) is 2.42. The summed E-state index contributed by atoms with van der Waals surface area (Å²) in [5.74, 6) is -0.220. The van der Waals surface area contributed by atoms with Gasteiger partial charge in [-0.05, 0) is 6.42 Å². The molecule has 0 saturated heterocycles. The van der Waals surface area contributed by atoms with Gasteiger partial charge in [0.15, 0.2) is 0 Å². The minimum Gasteiger partial charge on any atom is -0.458 e. The van der Waals surface area contributed by atoms with Crippen LogP contribution in [-0.4, -0.2) is 24.1 Å². The van der Waals surface area contributed by atoms with Crippen molar-refractivity contribution < 1.29 is 19.1 Å². The van der Waals surface area contributed by atoms with Crippen molar-refractivity contribution in [2.75, 3.05) is 0 Å². The van der Waals surface area contributed by atoms with E-state index in [1.165, 1.54) is 13.8 Å². The second-order valence-corrected chi connectivity index (χ2v) is 4.10. The van der Waals surface area contributed by atoms with E-state index in [4.69, 9.17) is 9.47 Å². The molecule has 4 nitrogen and oxygen atoms in total. The van der Waals surface area contributed by atoms with Gasteiger partial charge in [0, 0.05) is 25.7 Å². The predicted molar refractivity (Wildman–Crippen MR) is 51.8 cm³/mol. The van der Waals surface area contributed by atoms with Gasteiger partial charge in [-0.1, -0.05) is 12.2 Å². The lowest BCUT2D eigenvalue weighted by Gasteiger charge is -2.26. The lowest BCUT2D eigenvalue weighted by atomic mass is 10.0. The van der Waals surface area contributed by atoms with Crippen LogP contribution >= 0.6 is 0 Å². The molecule has 4 heteroatoms. The third-order valence-electron chi connectivity index (χ3n) is 2.92. The molecule has 0 amide bonds. The summed E-state index contributed by atoms with van der Waals surface area (Å²) in [5, 5.41) is 0. The third-order valence-corrected chi connectivity index (χ3v) is 2.92. The van der Waals surface area contributed by atoms with Crippen molar-refractivity contribution in [1.29, 1.82) is 0 Å². The number of ether oxygens (including phenoxy) is 2. The fraction of sp³-hybridized carbons (Fsp3) is 0.636.